The van der Waals surface area contributed by atoms with Crippen molar-refractivity contribution in [1.82, 2.24) is 10.3 Å². The van der Waals surface area contributed by atoms with Crippen molar-refractivity contribution in [1.29, 1.82) is 0 Å². The molecule has 0 saturated carbocycles. The molecule has 0 fully saturated rings. The average Bonchev–Trinajstić information content (AvgIpc) is 2.69. The summed E-state index contributed by atoms with van der Waals surface area (Å²) < 4.78 is 56.2. The summed E-state index contributed by atoms with van der Waals surface area (Å²) in [5.74, 6) is -0.110. The number of hydrogen-bond acceptors (Lipinski definition) is 3. The third-order valence-corrected chi connectivity index (χ3v) is 3.01. The fraction of sp³-hybridized carbons (Fsp3) is 0.357. The van der Waals surface area contributed by atoms with E-state index in [4.69, 9.17) is 4.42 Å². The zero-order valence-electron chi connectivity index (χ0n) is 11.5. The summed E-state index contributed by atoms with van der Waals surface area (Å²) in [6, 6.07) is 2.93. The van der Waals surface area contributed by atoms with Crippen molar-refractivity contribution in [2.24, 2.45) is 0 Å². The first-order chi connectivity index (χ1) is 9.77. The van der Waals surface area contributed by atoms with Crippen LogP contribution in [0.1, 0.15) is 28.5 Å². The molecule has 0 radical (unpaired) electrons. The van der Waals surface area contributed by atoms with Crippen LogP contribution in [-0.2, 0) is 19.3 Å². The molecule has 21 heavy (non-hydrogen) atoms. The van der Waals surface area contributed by atoms with Crippen molar-refractivity contribution in [3.05, 3.63) is 52.5 Å². The maximum atomic E-state index is 13.1. The second-order valence-electron chi connectivity index (χ2n) is 4.66. The van der Waals surface area contributed by atoms with Crippen molar-refractivity contribution in [2.75, 3.05) is 0 Å². The Morgan fingerprint density at radius 3 is 2.48 bits per heavy atom. The topological polar surface area (TPSA) is 38.1 Å². The van der Waals surface area contributed by atoms with Crippen molar-refractivity contribution in [3.63, 3.8) is 0 Å². The third kappa shape index (κ3) is 3.81. The summed E-state index contributed by atoms with van der Waals surface area (Å²) >= 11 is 0. The van der Waals surface area contributed by atoms with Crippen LogP contribution in [0.3, 0.4) is 0 Å². The molecule has 1 heterocycles. The maximum absolute atomic E-state index is 13.1. The van der Waals surface area contributed by atoms with Crippen LogP contribution in [0.2, 0.25) is 0 Å². The summed E-state index contributed by atoms with van der Waals surface area (Å²) in [4.78, 5) is 4.14. The van der Waals surface area contributed by atoms with Crippen LogP contribution in [0.15, 0.2) is 22.6 Å². The second kappa shape index (κ2) is 5.85. The number of hydrogen-bond donors (Lipinski definition) is 1. The molecule has 0 aliphatic heterocycles. The normalized spacial score (nSPS) is 11.9. The molecule has 0 bridgehead atoms. The van der Waals surface area contributed by atoms with E-state index in [-0.39, 0.29) is 13.1 Å². The standard InChI is InChI=1S/C14H14F4N2O/c1-8-9(2)21-13(20-8)7-19-6-10-3-4-12(15)11(5-10)14(16,17)18/h3-5,19H,6-7H2,1-2H3. The minimum atomic E-state index is -4.70. The van der Waals surface area contributed by atoms with E-state index in [1.54, 1.807) is 13.8 Å². The Labute approximate surface area is 119 Å². The van der Waals surface area contributed by atoms with E-state index in [1.807, 2.05) is 0 Å². The van der Waals surface area contributed by atoms with Crippen LogP contribution in [0.25, 0.3) is 0 Å². The van der Waals surface area contributed by atoms with Crippen LogP contribution in [0.5, 0.6) is 0 Å². The summed E-state index contributed by atoms with van der Waals surface area (Å²) in [7, 11) is 0. The fourth-order valence-corrected chi connectivity index (χ4v) is 1.83. The molecule has 0 amide bonds. The highest BCUT2D eigenvalue weighted by Gasteiger charge is 2.34. The Morgan fingerprint density at radius 1 is 1.19 bits per heavy atom. The van der Waals surface area contributed by atoms with Crippen molar-refractivity contribution in [2.45, 2.75) is 33.1 Å². The van der Waals surface area contributed by atoms with Gasteiger partial charge in [0, 0.05) is 6.54 Å². The van der Waals surface area contributed by atoms with Crippen LogP contribution in [0.4, 0.5) is 17.6 Å². The predicted octanol–water partition coefficient (Wildman–Crippen LogP) is 3.74. The number of oxazole rings is 1. The molecule has 1 aromatic carbocycles. The molecular formula is C14H14F4N2O. The van der Waals surface area contributed by atoms with Gasteiger partial charge in [-0.05, 0) is 31.5 Å². The van der Waals surface area contributed by atoms with Gasteiger partial charge >= 0.3 is 6.18 Å². The smallest absolute Gasteiger partial charge is 0.419 e. The number of nitrogens with zero attached hydrogens (tertiary/aromatic N) is 1. The SMILES string of the molecule is Cc1nc(CNCc2ccc(F)c(C(F)(F)F)c2)oc1C. The molecule has 114 valence electrons. The molecule has 0 atom stereocenters. The highest BCUT2D eigenvalue weighted by atomic mass is 19.4. The van der Waals surface area contributed by atoms with E-state index in [9.17, 15) is 17.6 Å². The number of nitrogens with one attached hydrogen (secondary N) is 1. The fourth-order valence-electron chi connectivity index (χ4n) is 1.83. The van der Waals surface area contributed by atoms with Gasteiger partial charge in [-0.3, -0.25) is 0 Å². The van der Waals surface area contributed by atoms with Crippen molar-refractivity contribution < 1.29 is 22.0 Å². The lowest BCUT2D eigenvalue weighted by atomic mass is 10.1. The lowest BCUT2D eigenvalue weighted by Crippen LogP contribution is -2.15. The number of aromatic nitrogens is 1. The van der Waals surface area contributed by atoms with E-state index in [1.165, 1.54) is 6.07 Å². The van der Waals surface area contributed by atoms with Crippen molar-refractivity contribution >= 4 is 0 Å². The summed E-state index contributed by atoms with van der Waals surface area (Å²) in [5, 5.41) is 2.91. The van der Waals surface area contributed by atoms with Gasteiger partial charge in [-0.15, -0.1) is 0 Å². The van der Waals surface area contributed by atoms with Crippen LogP contribution in [0, 0.1) is 19.7 Å². The molecule has 2 rings (SSSR count). The second-order valence-corrected chi connectivity index (χ2v) is 4.66. The number of rotatable bonds is 4. The van der Waals surface area contributed by atoms with E-state index >= 15 is 0 Å². The Bertz CT molecular complexity index is 615. The lowest BCUT2D eigenvalue weighted by molar-refractivity contribution is -0.140. The lowest BCUT2D eigenvalue weighted by Gasteiger charge is -2.10. The number of benzene rings is 1. The molecular weight excluding hydrogens is 288 g/mol. The first kappa shape index (κ1) is 15.5. The molecule has 2 aromatic rings. The van der Waals surface area contributed by atoms with Gasteiger partial charge in [0.05, 0.1) is 17.8 Å². The minimum absolute atomic E-state index is 0.157. The molecule has 0 spiro atoms. The van der Waals surface area contributed by atoms with Gasteiger partial charge in [0.15, 0.2) is 0 Å². The molecule has 7 heteroatoms. The molecule has 0 unspecified atom stereocenters. The first-order valence-corrected chi connectivity index (χ1v) is 6.26. The van der Waals surface area contributed by atoms with Gasteiger partial charge in [0.25, 0.3) is 0 Å². The van der Waals surface area contributed by atoms with E-state index in [0.717, 1.165) is 17.8 Å². The van der Waals surface area contributed by atoms with Crippen LogP contribution in [-0.4, -0.2) is 4.98 Å². The zero-order chi connectivity index (χ0) is 15.6. The Hall–Kier alpha value is -1.89. The van der Waals surface area contributed by atoms with Gasteiger partial charge in [-0.2, -0.15) is 13.2 Å². The highest BCUT2D eigenvalue weighted by Crippen LogP contribution is 2.31. The molecule has 0 saturated heterocycles. The molecule has 1 aromatic heterocycles. The zero-order valence-corrected chi connectivity index (χ0v) is 11.5. The van der Waals surface area contributed by atoms with Crippen LogP contribution >= 0.6 is 0 Å². The summed E-state index contributed by atoms with van der Waals surface area (Å²) in [6.45, 7) is 4.02. The van der Waals surface area contributed by atoms with Gasteiger partial charge in [-0.25, -0.2) is 9.37 Å². The molecule has 0 aliphatic carbocycles. The van der Waals surface area contributed by atoms with Gasteiger partial charge in [0.1, 0.15) is 11.6 Å². The summed E-state index contributed by atoms with van der Waals surface area (Å²) in [6.07, 6.45) is -4.70. The van der Waals surface area contributed by atoms with Gasteiger partial charge in [-0.1, -0.05) is 6.07 Å². The first-order valence-electron chi connectivity index (χ1n) is 6.26. The summed E-state index contributed by atoms with van der Waals surface area (Å²) in [5.41, 5.74) is -0.152. The number of aryl methyl sites for hydroxylation is 2. The number of alkyl halides is 3. The minimum Gasteiger partial charge on any atom is -0.444 e. The van der Waals surface area contributed by atoms with E-state index in [0.29, 0.717) is 17.2 Å². The van der Waals surface area contributed by atoms with Gasteiger partial charge < -0.3 is 9.73 Å². The highest BCUT2D eigenvalue weighted by molar-refractivity contribution is 5.27. The molecule has 3 nitrogen and oxygen atoms in total. The predicted molar refractivity (Wildman–Crippen MR) is 67.9 cm³/mol. The van der Waals surface area contributed by atoms with Crippen molar-refractivity contribution in [3.8, 4) is 0 Å². The van der Waals surface area contributed by atoms with E-state index in [2.05, 4.69) is 10.3 Å². The maximum Gasteiger partial charge on any atom is 0.419 e. The Morgan fingerprint density at radius 2 is 1.90 bits per heavy atom. The average molecular weight is 302 g/mol. The third-order valence-electron chi connectivity index (χ3n) is 3.01. The van der Waals surface area contributed by atoms with Gasteiger partial charge in [0.2, 0.25) is 5.89 Å². The Kier molecular flexibility index (Phi) is 4.32. The van der Waals surface area contributed by atoms with Crippen LogP contribution < -0.4 is 5.32 Å². The number of halogens is 4. The quantitative estimate of drug-likeness (QED) is 0.874. The molecule has 0 aliphatic rings. The Balaban J connectivity index is 2.00. The molecule has 1 N–H and O–H groups in total. The largest absolute Gasteiger partial charge is 0.444 e. The monoisotopic (exact) mass is 302 g/mol. The van der Waals surface area contributed by atoms with E-state index < -0.39 is 17.6 Å².